The second-order valence-electron chi connectivity index (χ2n) is 7.20. The Kier molecular flexibility index (Phi) is 7.63. The van der Waals surface area contributed by atoms with E-state index in [0.29, 0.717) is 18.7 Å². The standard InChI is InChI=1S/C22H30N2O3S/c1-5-21(24(28(4,26)27)20-14-10-18(3)11-15-20)22(25)23-16-6-7-19-12-8-17(2)9-13-19/h8-15,21H,5-7,16H2,1-4H3,(H,23,25). The topological polar surface area (TPSA) is 66.5 Å². The molecule has 6 heteroatoms. The van der Waals surface area contributed by atoms with Gasteiger partial charge in [-0.2, -0.15) is 0 Å². The number of hydrogen-bond donors (Lipinski definition) is 1. The Bertz CT molecular complexity index is 875. The summed E-state index contributed by atoms with van der Waals surface area (Å²) in [7, 11) is -3.59. The van der Waals surface area contributed by atoms with E-state index in [1.807, 2.05) is 26.0 Å². The summed E-state index contributed by atoms with van der Waals surface area (Å²) in [6.45, 7) is 6.32. The zero-order valence-electron chi connectivity index (χ0n) is 17.1. The molecule has 28 heavy (non-hydrogen) atoms. The van der Waals surface area contributed by atoms with Gasteiger partial charge in [0.25, 0.3) is 0 Å². The molecule has 1 amide bonds. The third-order valence-corrected chi connectivity index (χ3v) is 5.86. The summed E-state index contributed by atoms with van der Waals surface area (Å²) >= 11 is 0. The Morgan fingerprint density at radius 1 is 1.00 bits per heavy atom. The fourth-order valence-corrected chi connectivity index (χ4v) is 4.34. The van der Waals surface area contributed by atoms with Crippen LogP contribution < -0.4 is 9.62 Å². The average Bonchev–Trinajstić information content (AvgIpc) is 2.64. The molecule has 0 spiro atoms. The van der Waals surface area contributed by atoms with Gasteiger partial charge in [0.05, 0.1) is 11.9 Å². The van der Waals surface area contributed by atoms with Crippen molar-refractivity contribution in [3.05, 3.63) is 65.2 Å². The second-order valence-corrected chi connectivity index (χ2v) is 9.06. The van der Waals surface area contributed by atoms with Gasteiger partial charge in [-0.3, -0.25) is 9.10 Å². The molecule has 0 fully saturated rings. The first kappa shape index (κ1) is 22.0. The highest BCUT2D eigenvalue weighted by Gasteiger charge is 2.31. The van der Waals surface area contributed by atoms with Crippen LogP contribution in [0.15, 0.2) is 48.5 Å². The van der Waals surface area contributed by atoms with Crippen LogP contribution in [-0.4, -0.2) is 33.2 Å². The summed E-state index contributed by atoms with van der Waals surface area (Å²) in [6, 6.07) is 14.7. The number of hydrogen-bond acceptors (Lipinski definition) is 3. The van der Waals surface area contributed by atoms with Crippen LogP contribution in [0.2, 0.25) is 0 Å². The molecule has 0 aromatic heterocycles. The summed E-state index contributed by atoms with van der Waals surface area (Å²) in [6.07, 6.45) is 3.20. The van der Waals surface area contributed by atoms with Crippen LogP contribution in [0.1, 0.15) is 36.5 Å². The summed E-state index contributed by atoms with van der Waals surface area (Å²) in [5, 5.41) is 2.90. The second kappa shape index (κ2) is 9.73. The van der Waals surface area contributed by atoms with E-state index in [-0.39, 0.29) is 5.91 Å². The van der Waals surface area contributed by atoms with Crippen molar-refractivity contribution in [3.8, 4) is 0 Å². The number of rotatable bonds is 9. The van der Waals surface area contributed by atoms with Gasteiger partial charge in [-0.05, 0) is 50.8 Å². The number of amides is 1. The van der Waals surface area contributed by atoms with Gasteiger partial charge in [0, 0.05) is 6.54 Å². The normalized spacial score (nSPS) is 12.4. The van der Waals surface area contributed by atoms with Crippen molar-refractivity contribution in [2.75, 3.05) is 17.1 Å². The Hall–Kier alpha value is -2.34. The van der Waals surface area contributed by atoms with Gasteiger partial charge in [-0.25, -0.2) is 8.42 Å². The van der Waals surface area contributed by atoms with Crippen LogP contribution in [0.25, 0.3) is 0 Å². The van der Waals surface area contributed by atoms with E-state index in [1.165, 1.54) is 15.4 Å². The van der Waals surface area contributed by atoms with Crippen LogP contribution in [0.5, 0.6) is 0 Å². The maximum atomic E-state index is 12.7. The number of carbonyl (C=O) groups excluding carboxylic acids is 1. The third kappa shape index (κ3) is 6.09. The predicted octanol–water partition coefficient (Wildman–Crippen LogP) is 3.60. The lowest BCUT2D eigenvalue weighted by atomic mass is 10.1. The van der Waals surface area contributed by atoms with Gasteiger partial charge in [-0.1, -0.05) is 54.4 Å². The van der Waals surface area contributed by atoms with Crippen LogP contribution in [0.4, 0.5) is 5.69 Å². The molecule has 0 heterocycles. The summed E-state index contributed by atoms with van der Waals surface area (Å²) < 4.78 is 26.0. The fraction of sp³-hybridized carbons (Fsp3) is 0.409. The molecule has 1 unspecified atom stereocenters. The molecule has 0 saturated heterocycles. The number of sulfonamides is 1. The summed E-state index contributed by atoms with van der Waals surface area (Å²) in [5.41, 5.74) is 3.99. The number of anilines is 1. The molecule has 0 saturated carbocycles. The molecule has 1 atom stereocenters. The first-order chi connectivity index (χ1) is 13.2. The van der Waals surface area contributed by atoms with Crippen LogP contribution in [-0.2, 0) is 21.2 Å². The number of nitrogens with zero attached hydrogens (tertiary/aromatic N) is 1. The minimum Gasteiger partial charge on any atom is -0.354 e. The van der Waals surface area contributed by atoms with Crippen molar-refractivity contribution in [3.63, 3.8) is 0 Å². The van der Waals surface area contributed by atoms with E-state index in [0.717, 1.165) is 24.7 Å². The molecular weight excluding hydrogens is 372 g/mol. The number of nitrogens with one attached hydrogen (secondary N) is 1. The number of aryl methyl sites for hydroxylation is 3. The zero-order chi connectivity index (χ0) is 20.7. The van der Waals surface area contributed by atoms with Crippen molar-refractivity contribution in [1.29, 1.82) is 0 Å². The summed E-state index contributed by atoms with van der Waals surface area (Å²) in [4.78, 5) is 12.7. The van der Waals surface area contributed by atoms with Gasteiger partial charge in [0.15, 0.2) is 0 Å². The highest BCUT2D eigenvalue weighted by molar-refractivity contribution is 7.92. The van der Waals surface area contributed by atoms with E-state index in [2.05, 4.69) is 36.5 Å². The van der Waals surface area contributed by atoms with Crippen LogP contribution >= 0.6 is 0 Å². The highest BCUT2D eigenvalue weighted by atomic mass is 32.2. The average molecular weight is 403 g/mol. The highest BCUT2D eigenvalue weighted by Crippen LogP contribution is 2.23. The van der Waals surface area contributed by atoms with Gasteiger partial charge in [0.1, 0.15) is 6.04 Å². The third-order valence-electron chi connectivity index (χ3n) is 4.68. The molecule has 5 nitrogen and oxygen atoms in total. The minimum atomic E-state index is -3.59. The maximum Gasteiger partial charge on any atom is 0.243 e. The van der Waals surface area contributed by atoms with Gasteiger partial charge in [-0.15, -0.1) is 0 Å². The van der Waals surface area contributed by atoms with Crippen LogP contribution in [0, 0.1) is 13.8 Å². The number of carbonyl (C=O) groups is 1. The Labute approximate surface area is 168 Å². The lowest BCUT2D eigenvalue weighted by molar-refractivity contribution is -0.122. The fourth-order valence-electron chi connectivity index (χ4n) is 3.13. The summed E-state index contributed by atoms with van der Waals surface area (Å²) in [5.74, 6) is -0.266. The molecule has 0 aliphatic carbocycles. The van der Waals surface area contributed by atoms with E-state index in [4.69, 9.17) is 0 Å². The molecule has 0 aliphatic heterocycles. The molecule has 2 aromatic carbocycles. The predicted molar refractivity (Wildman–Crippen MR) is 115 cm³/mol. The largest absolute Gasteiger partial charge is 0.354 e. The van der Waals surface area contributed by atoms with Gasteiger partial charge >= 0.3 is 0 Å². The zero-order valence-corrected chi connectivity index (χ0v) is 17.9. The van der Waals surface area contributed by atoms with Crippen molar-refractivity contribution < 1.29 is 13.2 Å². The lowest BCUT2D eigenvalue weighted by Crippen LogP contribution is -2.49. The maximum absolute atomic E-state index is 12.7. The molecule has 2 aromatic rings. The van der Waals surface area contributed by atoms with E-state index in [1.54, 1.807) is 12.1 Å². The Morgan fingerprint density at radius 2 is 1.54 bits per heavy atom. The molecular formula is C22H30N2O3S. The van der Waals surface area contributed by atoms with E-state index in [9.17, 15) is 13.2 Å². The SMILES string of the molecule is CCC(C(=O)NCCCc1ccc(C)cc1)N(c1ccc(C)cc1)S(C)(=O)=O. The molecule has 0 radical (unpaired) electrons. The molecule has 0 aliphatic rings. The Balaban J connectivity index is 2.02. The van der Waals surface area contributed by atoms with Gasteiger partial charge < -0.3 is 5.32 Å². The Morgan fingerprint density at radius 3 is 2.04 bits per heavy atom. The van der Waals surface area contributed by atoms with Crippen molar-refractivity contribution in [1.82, 2.24) is 5.32 Å². The molecule has 1 N–H and O–H groups in total. The van der Waals surface area contributed by atoms with Gasteiger partial charge in [0.2, 0.25) is 15.9 Å². The lowest BCUT2D eigenvalue weighted by Gasteiger charge is -2.30. The van der Waals surface area contributed by atoms with Crippen molar-refractivity contribution in [2.24, 2.45) is 0 Å². The first-order valence-electron chi connectivity index (χ1n) is 9.61. The quantitative estimate of drug-likeness (QED) is 0.652. The van der Waals surface area contributed by atoms with Crippen molar-refractivity contribution >= 4 is 21.6 Å². The molecule has 2 rings (SSSR count). The van der Waals surface area contributed by atoms with E-state index >= 15 is 0 Å². The number of benzene rings is 2. The van der Waals surface area contributed by atoms with Crippen LogP contribution in [0.3, 0.4) is 0 Å². The van der Waals surface area contributed by atoms with Crippen molar-refractivity contribution in [2.45, 2.75) is 46.1 Å². The molecule has 152 valence electrons. The minimum absolute atomic E-state index is 0.266. The smallest absolute Gasteiger partial charge is 0.243 e. The van der Waals surface area contributed by atoms with E-state index < -0.39 is 16.1 Å². The first-order valence-corrected chi connectivity index (χ1v) is 11.5. The monoisotopic (exact) mass is 402 g/mol. The molecule has 0 bridgehead atoms.